The van der Waals surface area contributed by atoms with Gasteiger partial charge in [-0.3, -0.25) is 14.4 Å². The van der Waals surface area contributed by atoms with E-state index in [1.54, 1.807) is 6.92 Å². The molecule has 2 heterocycles. The molecule has 0 unspecified atom stereocenters. The molecule has 2 rings (SSSR count). The monoisotopic (exact) mass is 392 g/mol. The quantitative estimate of drug-likeness (QED) is 0.733. The molecular formula is C19H28N4O3S. The first-order valence-electron chi connectivity index (χ1n) is 8.90. The maximum absolute atomic E-state index is 12.5. The molecule has 0 atom stereocenters. The van der Waals surface area contributed by atoms with E-state index in [2.05, 4.69) is 10.4 Å². The molecule has 0 aliphatic carbocycles. The van der Waals surface area contributed by atoms with E-state index in [9.17, 15) is 9.59 Å². The number of likely N-dealkylation sites (N-methyl/N-ethyl adjacent to an activating group) is 1. The summed E-state index contributed by atoms with van der Waals surface area (Å²) in [4.78, 5) is 27.7. The molecular weight excluding hydrogens is 364 g/mol. The largest absolute Gasteiger partial charge is 0.462 e. The van der Waals surface area contributed by atoms with Gasteiger partial charge in [0.15, 0.2) is 0 Å². The number of carbonyl (C=O) groups excluding carboxylic acids is 2. The minimum Gasteiger partial charge on any atom is -0.462 e. The smallest absolute Gasteiger partial charge is 0.341 e. The predicted molar refractivity (Wildman–Crippen MR) is 107 cm³/mol. The number of thiophene rings is 1. The number of rotatable bonds is 7. The van der Waals surface area contributed by atoms with Gasteiger partial charge in [0.25, 0.3) is 0 Å². The van der Waals surface area contributed by atoms with E-state index < -0.39 is 5.97 Å². The first-order valence-corrected chi connectivity index (χ1v) is 9.71. The van der Waals surface area contributed by atoms with Gasteiger partial charge in [0, 0.05) is 29.7 Å². The molecule has 0 fully saturated rings. The van der Waals surface area contributed by atoms with E-state index in [4.69, 9.17) is 4.74 Å². The summed E-state index contributed by atoms with van der Waals surface area (Å²) in [6.07, 6.45) is 0. The fraction of sp³-hybridized carbons (Fsp3) is 0.526. The van der Waals surface area contributed by atoms with Crippen molar-refractivity contribution in [2.75, 3.05) is 25.5 Å². The zero-order valence-electron chi connectivity index (χ0n) is 17.1. The third kappa shape index (κ3) is 4.75. The van der Waals surface area contributed by atoms with E-state index >= 15 is 0 Å². The van der Waals surface area contributed by atoms with E-state index in [1.807, 2.05) is 51.4 Å². The van der Waals surface area contributed by atoms with Gasteiger partial charge in [-0.2, -0.15) is 5.10 Å². The number of aryl methyl sites for hydroxylation is 3. The average molecular weight is 393 g/mol. The van der Waals surface area contributed by atoms with E-state index in [-0.39, 0.29) is 12.5 Å². The van der Waals surface area contributed by atoms with Crippen LogP contribution in [0.15, 0.2) is 0 Å². The number of carbonyl (C=O) groups is 2. The standard InChI is InChI=1S/C19H28N4O3S/c1-8-26-19(25)17-11(2)14(5)27-18(17)20-16(24)10-22(6)9-15-12(3)21-23(7)13(15)4/h8-10H2,1-7H3,(H,20,24). The average Bonchev–Trinajstić information content (AvgIpc) is 2.97. The zero-order valence-corrected chi connectivity index (χ0v) is 17.9. The summed E-state index contributed by atoms with van der Waals surface area (Å²) >= 11 is 1.40. The Balaban J connectivity index is 2.07. The molecule has 0 radical (unpaired) electrons. The van der Waals surface area contributed by atoms with Crippen molar-refractivity contribution >= 4 is 28.2 Å². The van der Waals surface area contributed by atoms with Gasteiger partial charge in [0.05, 0.1) is 24.4 Å². The Kier molecular flexibility index (Phi) is 6.78. The maximum Gasteiger partial charge on any atom is 0.341 e. The first kappa shape index (κ1) is 21.1. The highest BCUT2D eigenvalue weighted by Crippen LogP contribution is 2.33. The van der Waals surface area contributed by atoms with Crippen LogP contribution in [0.25, 0.3) is 0 Å². The van der Waals surface area contributed by atoms with Crippen molar-refractivity contribution in [3.05, 3.63) is 33.0 Å². The van der Waals surface area contributed by atoms with E-state index in [0.717, 1.165) is 27.4 Å². The van der Waals surface area contributed by atoms with Crippen LogP contribution in [-0.4, -0.2) is 46.8 Å². The van der Waals surface area contributed by atoms with Crippen LogP contribution in [0.5, 0.6) is 0 Å². The lowest BCUT2D eigenvalue weighted by Crippen LogP contribution is -2.30. The Bertz CT molecular complexity index is 854. The van der Waals surface area contributed by atoms with Crippen LogP contribution in [0.2, 0.25) is 0 Å². The molecule has 0 saturated heterocycles. The molecule has 0 aliphatic heterocycles. The van der Waals surface area contributed by atoms with Crippen molar-refractivity contribution in [1.29, 1.82) is 0 Å². The second-order valence-corrected chi connectivity index (χ2v) is 7.93. The summed E-state index contributed by atoms with van der Waals surface area (Å²) < 4.78 is 6.98. The topological polar surface area (TPSA) is 76.5 Å². The van der Waals surface area contributed by atoms with Crippen LogP contribution < -0.4 is 5.32 Å². The van der Waals surface area contributed by atoms with Crippen LogP contribution >= 0.6 is 11.3 Å². The second kappa shape index (κ2) is 8.67. The van der Waals surface area contributed by atoms with Crippen molar-refractivity contribution in [2.45, 2.75) is 41.2 Å². The third-order valence-electron chi connectivity index (χ3n) is 4.62. The van der Waals surface area contributed by atoms with Crippen molar-refractivity contribution in [3.8, 4) is 0 Å². The molecule has 1 N–H and O–H groups in total. The number of aromatic nitrogens is 2. The molecule has 0 aromatic carbocycles. The van der Waals surface area contributed by atoms with Crippen LogP contribution in [0.3, 0.4) is 0 Å². The molecule has 2 aromatic heterocycles. The Morgan fingerprint density at radius 1 is 1.26 bits per heavy atom. The van der Waals surface area contributed by atoms with Crippen molar-refractivity contribution in [1.82, 2.24) is 14.7 Å². The Morgan fingerprint density at radius 2 is 1.93 bits per heavy atom. The number of nitrogens with zero attached hydrogens (tertiary/aromatic N) is 3. The maximum atomic E-state index is 12.5. The molecule has 1 amide bonds. The summed E-state index contributed by atoms with van der Waals surface area (Å²) in [5.74, 6) is -0.562. The van der Waals surface area contributed by atoms with E-state index in [1.165, 1.54) is 11.3 Å². The lowest BCUT2D eigenvalue weighted by Gasteiger charge is -2.16. The Morgan fingerprint density at radius 3 is 2.48 bits per heavy atom. The minimum absolute atomic E-state index is 0.163. The summed E-state index contributed by atoms with van der Waals surface area (Å²) in [5.41, 5.74) is 4.49. The molecule has 8 heteroatoms. The van der Waals surface area contributed by atoms with Gasteiger partial charge in [-0.15, -0.1) is 11.3 Å². The van der Waals surface area contributed by atoms with Crippen LogP contribution in [-0.2, 0) is 23.1 Å². The Hall–Kier alpha value is -2.19. The summed E-state index contributed by atoms with van der Waals surface area (Å²) in [6.45, 7) is 10.7. The van der Waals surface area contributed by atoms with Gasteiger partial charge in [-0.1, -0.05) is 0 Å². The lowest BCUT2D eigenvalue weighted by molar-refractivity contribution is -0.117. The fourth-order valence-corrected chi connectivity index (χ4v) is 4.01. The molecule has 27 heavy (non-hydrogen) atoms. The van der Waals surface area contributed by atoms with Gasteiger partial charge in [-0.05, 0) is 47.2 Å². The zero-order chi connectivity index (χ0) is 20.3. The number of amides is 1. The summed E-state index contributed by atoms with van der Waals surface area (Å²) in [7, 11) is 3.81. The predicted octanol–water partition coefficient (Wildman–Crippen LogP) is 2.96. The lowest BCUT2D eigenvalue weighted by atomic mass is 10.1. The summed E-state index contributed by atoms with van der Waals surface area (Å²) in [5, 5.41) is 7.84. The fourth-order valence-electron chi connectivity index (χ4n) is 2.95. The number of hydrogen-bond donors (Lipinski definition) is 1. The minimum atomic E-state index is -0.399. The molecule has 148 valence electrons. The number of esters is 1. The SMILES string of the molecule is CCOC(=O)c1c(NC(=O)CN(C)Cc2c(C)nn(C)c2C)sc(C)c1C. The van der Waals surface area contributed by atoms with E-state index in [0.29, 0.717) is 23.7 Å². The second-order valence-electron chi connectivity index (χ2n) is 6.70. The molecule has 7 nitrogen and oxygen atoms in total. The molecule has 0 saturated carbocycles. The molecule has 0 bridgehead atoms. The number of anilines is 1. The number of hydrogen-bond acceptors (Lipinski definition) is 6. The Labute approximate surface area is 164 Å². The van der Waals surface area contributed by atoms with Gasteiger partial charge in [0.2, 0.25) is 5.91 Å². The number of nitrogens with one attached hydrogen (secondary N) is 1. The van der Waals surface area contributed by atoms with Gasteiger partial charge >= 0.3 is 5.97 Å². The van der Waals surface area contributed by atoms with Gasteiger partial charge in [-0.25, -0.2) is 4.79 Å². The van der Waals surface area contributed by atoms with Crippen LogP contribution in [0.1, 0.15) is 44.7 Å². The van der Waals surface area contributed by atoms with Gasteiger partial charge in [0.1, 0.15) is 5.00 Å². The van der Waals surface area contributed by atoms with Crippen molar-refractivity contribution in [2.24, 2.45) is 7.05 Å². The van der Waals surface area contributed by atoms with Crippen LogP contribution in [0.4, 0.5) is 5.00 Å². The first-order chi connectivity index (χ1) is 12.6. The number of ether oxygens (including phenoxy) is 1. The molecule has 2 aromatic rings. The van der Waals surface area contributed by atoms with Crippen molar-refractivity contribution in [3.63, 3.8) is 0 Å². The third-order valence-corrected chi connectivity index (χ3v) is 5.74. The molecule has 0 aliphatic rings. The van der Waals surface area contributed by atoms with Crippen LogP contribution in [0, 0.1) is 27.7 Å². The van der Waals surface area contributed by atoms with Crippen molar-refractivity contribution < 1.29 is 14.3 Å². The highest BCUT2D eigenvalue weighted by atomic mass is 32.1. The van der Waals surface area contributed by atoms with Gasteiger partial charge < -0.3 is 10.1 Å². The highest BCUT2D eigenvalue weighted by molar-refractivity contribution is 7.16. The molecule has 0 spiro atoms. The highest BCUT2D eigenvalue weighted by Gasteiger charge is 2.22. The normalized spacial score (nSPS) is 11.1. The summed E-state index contributed by atoms with van der Waals surface area (Å²) in [6, 6.07) is 0.